The maximum absolute atomic E-state index is 13.2. The molecule has 0 saturated carbocycles. The van der Waals surface area contributed by atoms with Crippen LogP contribution < -0.4 is 5.32 Å². The number of carbonyl (C=O) groups is 2. The highest BCUT2D eigenvalue weighted by Gasteiger charge is 2.23. The van der Waals surface area contributed by atoms with Gasteiger partial charge in [-0.15, -0.1) is 0 Å². The van der Waals surface area contributed by atoms with Crippen molar-refractivity contribution in [2.45, 2.75) is 277 Å². The second-order valence-electron chi connectivity index (χ2n) is 18.2. The summed E-state index contributed by atoms with van der Waals surface area (Å²) in [4.78, 5) is 26.1. The molecular weight excluding hydrogens is 791 g/mol. The first-order chi connectivity index (χ1) is 31.5. The molecule has 0 aromatic rings. The quantitative estimate of drug-likeness (QED) is 0.0321. The van der Waals surface area contributed by atoms with E-state index in [2.05, 4.69) is 86.8 Å². The van der Waals surface area contributed by atoms with E-state index in [-0.39, 0.29) is 24.9 Å². The fourth-order valence-corrected chi connectivity index (χ4v) is 7.92. The van der Waals surface area contributed by atoms with Gasteiger partial charge in [-0.2, -0.15) is 0 Å². The molecule has 0 fully saturated rings. The van der Waals surface area contributed by atoms with Gasteiger partial charge < -0.3 is 20.3 Å². The fourth-order valence-electron chi connectivity index (χ4n) is 7.92. The second kappa shape index (κ2) is 51.3. The molecule has 0 saturated heterocycles. The van der Waals surface area contributed by atoms with Gasteiger partial charge in [-0.05, 0) is 76.7 Å². The summed E-state index contributed by atoms with van der Waals surface area (Å²) in [5.74, 6) is -0.631. The van der Waals surface area contributed by atoms with Crippen LogP contribution in [0.4, 0.5) is 0 Å². The van der Waals surface area contributed by atoms with Crippen molar-refractivity contribution in [1.82, 2.24) is 5.32 Å². The lowest BCUT2D eigenvalue weighted by molar-refractivity contribution is -0.148. The molecule has 3 unspecified atom stereocenters. The van der Waals surface area contributed by atoms with E-state index in [0.29, 0.717) is 19.3 Å². The van der Waals surface area contributed by atoms with Crippen molar-refractivity contribution in [3.05, 3.63) is 72.9 Å². The zero-order chi connectivity index (χ0) is 46.7. The SMILES string of the molecule is CC/C=C/C/C=C/C/C=C/C/C=C/C/C=C/C(CC(=O)NC(CO)C(O)CCCCCCCCCCCCCCCCCC)OC(=O)CCCCCCCCC/C=C\CCCCCC. The van der Waals surface area contributed by atoms with Crippen LogP contribution in [0.1, 0.15) is 258 Å². The van der Waals surface area contributed by atoms with Crippen molar-refractivity contribution in [3.63, 3.8) is 0 Å². The number of aliphatic hydroxyl groups excluding tert-OH is 2. The van der Waals surface area contributed by atoms with Crippen molar-refractivity contribution in [2.24, 2.45) is 0 Å². The van der Waals surface area contributed by atoms with Crippen LogP contribution in [0.15, 0.2) is 72.9 Å². The Balaban J connectivity index is 4.67. The number of allylic oxidation sites excluding steroid dienone is 11. The van der Waals surface area contributed by atoms with E-state index in [9.17, 15) is 19.8 Å². The van der Waals surface area contributed by atoms with Crippen LogP contribution in [0.2, 0.25) is 0 Å². The number of nitrogens with one attached hydrogen (secondary N) is 1. The Morgan fingerprint density at radius 1 is 0.484 bits per heavy atom. The third-order valence-electron chi connectivity index (χ3n) is 12.0. The Hall–Kier alpha value is -2.70. The molecule has 1 amide bonds. The topological polar surface area (TPSA) is 95.9 Å². The molecule has 6 heteroatoms. The van der Waals surface area contributed by atoms with Crippen molar-refractivity contribution in [2.75, 3.05) is 6.61 Å². The first-order valence-corrected chi connectivity index (χ1v) is 27.2. The minimum Gasteiger partial charge on any atom is -0.458 e. The molecule has 0 rings (SSSR count). The zero-order valence-electron chi connectivity index (χ0n) is 42.1. The molecule has 0 heterocycles. The molecule has 0 aromatic carbocycles. The Morgan fingerprint density at radius 2 is 0.875 bits per heavy atom. The number of amides is 1. The first-order valence-electron chi connectivity index (χ1n) is 27.2. The molecule has 0 aliphatic rings. The van der Waals surface area contributed by atoms with Gasteiger partial charge in [0.15, 0.2) is 0 Å². The molecule has 0 aromatic heterocycles. The highest BCUT2D eigenvalue weighted by molar-refractivity contribution is 5.78. The van der Waals surface area contributed by atoms with Gasteiger partial charge in [-0.25, -0.2) is 0 Å². The minimum atomic E-state index is -0.822. The van der Waals surface area contributed by atoms with Crippen LogP contribution in [0, 0.1) is 0 Å². The molecule has 64 heavy (non-hydrogen) atoms. The summed E-state index contributed by atoms with van der Waals surface area (Å²) in [6, 6.07) is -0.745. The fraction of sp³-hybridized carbons (Fsp3) is 0.759. The minimum absolute atomic E-state index is 0.0489. The Morgan fingerprint density at radius 3 is 1.33 bits per heavy atom. The second-order valence-corrected chi connectivity index (χ2v) is 18.2. The molecule has 3 atom stereocenters. The van der Waals surface area contributed by atoms with Crippen molar-refractivity contribution >= 4 is 11.9 Å². The Bertz CT molecular complexity index is 1190. The van der Waals surface area contributed by atoms with Crippen molar-refractivity contribution in [3.8, 4) is 0 Å². The van der Waals surface area contributed by atoms with Gasteiger partial charge in [-0.1, -0.05) is 242 Å². The molecule has 0 radical (unpaired) electrons. The number of aliphatic hydroxyl groups is 2. The zero-order valence-corrected chi connectivity index (χ0v) is 42.1. The number of carbonyl (C=O) groups excluding carboxylic acids is 2. The maximum atomic E-state index is 13.2. The van der Waals surface area contributed by atoms with Gasteiger partial charge in [0.25, 0.3) is 0 Å². The van der Waals surface area contributed by atoms with Crippen LogP contribution in [0.5, 0.6) is 0 Å². The molecule has 0 aliphatic heterocycles. The van der Waals surface area contributed by atoms with Crippen LogP contribution >= 0.6 is 0 Å². The lowest BCUT2D eigenvalue weighted by atomic mass is 10.0. The van der Waals surface area contributed by atoms with E-state index in [4.69, 9.17) is 4.74 Å². The predicted octanol–water partition coefficient (Wildman–Crippen LogP) is 16.6. The van der Waals surface area contributed by atoms with Crippen LogP contribution in [0.25, 0.3) is 0 Å². The largest absolute Gasteiger partial charge is 0.458 e. The number of unbranched alkanes of at least 4 members (excludes halogenated alkanes) is 26. The lowest BCUT2D eigenvalue weighted by Gasteiger charge is -2.23. The van der Waals surface area contributed by atoms with Crippen LogP contribution in [-0.2, 0) is 14.3 Å². The van der Waals surface area contributed by atoms with E-state index in [1.54, 1.807) is 6.08 Å². The van der Waals surface area contributed by atoms with Gasteiger partial charge in [-0.3, -0.25) is 9.59 Å². The van der Waals surface area contributed by atoms with E-state index >= 15 is 0 Å². The summed E-state index contributed by atoms with van der Waals surface area (Å²) in [6.45, 7) is 6.33. The number of hydrogen-bond donors (Lipinski definition) is 3. The summed E-state index contributed by atoms with van der Waals surface area (Å²) in [5.41, 5.74) is 0. The summed E-state index contributed by atoms with van der Waals surface area (Å²) in [7, 11) is 0. The van der Waals surface area contributed by atoms with Gasteiger partial charge >= 0.3 is 5.97 Å². The van der Waals surface area contributed by atoms with Crippen LogP contribution in [0.3, 0.4) is 0 Å². The van der Waals surface area contributed by atoms with E-state index < -0.39 is 18.2 Å². The predicted molar refractivity (Wildman–Crippen MR) is 278 cm³/mol. The standard InChI is InChI=1S/C58H103NO5/c1-4-7-10-13-16-19-22-25-28-30-32-35-38-41-44-47-50-56(61)55(53-60)59-57(62)52-54(49-46-43-40-37-34-31-27-24-21-18-15-12-9-6-3)64-58(63)51-48-45-42-39-36-33-29-26-23-20-17-14-11-8-5-2/h9,12,18,20-21,23,27,31,37,40,46,49,54-56,60-61H,4-8,10-11,13-17,19,22,24-26,28-30,32-36,38-39,41-45,47-48,50-53H2,1-3H3,(H,59,62)/b12-9+,21-18+,23-20-,31-27+,40-37+,49-46+. The monoisotopic (exact) mass is 894 g/mol. The molecule has 3 N–H and O–H groups in total. The van der Waals surface area contributed by atoms with Gasteiger partial charge in [0.1, 0.15) is 6.10 Å². The van der Waals surface area contributed by atoms with Crippen LogP contribution in [-0.4, -0.2) is 46.9 Å². The van der Waals surface area contributed by atoms with Gasteiger partial charge in [0, 0.05) is 6.42 Å². The van der Waals surface area contributed by atoms with Crippen molar-refractivity contribution in [1.29, 1.82) is 0 Å². The summed E-state index contributed by atoms with van der Waals surface area (Å²) in [5, 5.41) is 23.8. The number of ether oxygens (including phenoxy) is 1. The molecule has 0 spiro atoms. The van der Waals surface area contributed by atoms with Gasteiger partial charge in [0.05, 0.1) is 25.2 Å². The van der Waals surface area contributed by atoms with E-state index in [0.717, 1.165) is 64.2 Å². The number of esters is 1. The van der Waals surface area contributed by atoms with E-state index in [1.807, 2.05) is 6.08 Å². The molecule has 370 valence electrons. The van der Waals surface area contributed by atoms with Crippen molar-refractivity contribution < 1.29 is 24.5 Å². The number of hydrogen-bond acceptors (Lipinski definition) is 5. The molecule has 0 bridgehead atoms. The molecule has 6 nitrogen and oxygen atoms in total. The Kier molecular flexibility index (Phi) is 49.1. The third-order valence-corrected chi connectivity index (χ3v) is 12.0. The highest BCUT2D eigenvalue weighted by atomic mass is 16.5. The third kappa shape index (κ3) is 45.9. The smallest absolute Gasteiger partial charge is 0.306 e. The molecule has 0 aliphatic carbocycles. The highest BCUT2D eigenvalue weighted by Crippen LogP contribution is 2.16. The summed E-state index contributed by atoms with van der Waals surface area (Å²) in [6.07, 6.45) is 65.7. The summed E-state index contributed by atoms with van der Waals surface area (Å²) < 4.78 is 5.83. The Labute approximate surface area is 396 Å². The molecular formula is C58H103NO5. The maximum Gasteiger partial charge on any atom is 0.306 e. The average molecular weight is 894 g/mol. The van der Waals surface area contributed by atoms with Gasteiger partial charge in [0.2, 0.25) is 5.91 Å². The number of rotatable bonds is 48. The normalized spacial score (nSPS) is 13.8. The first kappa shape index (κ1) is 61.3. The average Bonchev–Trinajstić information content (AvgIpc) is 3.29. The summed E-state index contributed by atoms with van der Waals surface area (Å²) >= 11 is 0. The van der Waals surface area contributed by atoms with E-state index in [1.165, 1.54) is 148 Å². The lowest BCUT2D eigenvalue weighted by Crippen LogP contribution is -2.46.